The zero-order chi connectivity index (χ0) is 18.6. The summed E-state index contributed by atoms with van der Waals surface area (Å²) < 4.78 is 1.75. The zero-order valence-electron chi connectivity index (χ0n) is 15.2. The molecule has 7 heteroatoms. The molecule has 1 N–H and O–H groups in total. The van der Waals surface area contributed by atoms with E-state index in [1.54, 1.807) is 17.2 Å². The molecule has 1 fully saturated rings. The lowest BCUT2D eigenvalue weighted by molar-refractivity contribution is 0.194. The number of anilines is 1. The molecule has 0 spiro atoms. The number of aryl methyl sites for hydroxylation is 1. The first-order valence-electron chi connectivity index (χ1n) is 9.14. The number of benzene rings is 1. The maximum atomic E-state index is 12.8. The number of hydrogen-bond acceptors (Lipinski definition) is 4. The van der Waals surface area contributed by atoms with Crippen LogP contribution in [0.1, 0.15) is 30.0 Å². The Morgan fingerprint density at radius 3 is 2.74 bits per heavy atom. The van der Waals surface area contributed by atoms with Gasteiger partial charge >= 0.3 is 6.03 Å². The highest BCUT2D eigenvalue weighted by Gasteiger charge is 2.26. The fraction of sp³-hybridized carbons (Fsp3) is 0.300. The summed E-state index contributed by atoms with van der Waals surface area (Å²) in [5.74, 6) is 0.383. The molecule has 7 nitrogen and oxygen atoms in total. The second kappa shape index (κ2) is 7.57. The fourth-order valence-electron chi connectivity index (χ4n) is 3.58. The largest absolute Gasteiger partial charge is 0.324 e. The Bertz CT molecular complexity index is 916. The molecule has 0 aliphatic carbocycles. The van der Waals surface area contributed by atoms with Gasteiger partial charge in [0.15, 0.2) is 0 Å². The van der Waals surface area contributed by atoms with Crippen molar-refractivity contribution in [1.29, 1.82) is 0 Å². The summed E-state index contributed by atoms with van der Waals surface area (Å²) in [6, 6.07) is 9.46. The topological polar surface area (TPSA) is 75.9 Å². The van der Waals surface area contributed by atoms with Gasteiger partial charge in [-0.3, -0.25) is 0 Å². The third-order valence-electron chi connectivity index (χ3n) is 5.00. The van der Waals surface area contributed by atoms with E-state index in [1.165, 1.54) is 0 Å². The molecule has 2 amide bonds. The van der Waals surface area contributed by atoms with E-state index in [2.05, 4.69) is 20.4 Å². The van der Waals surface area contributed by atoms with Gasteiger partial charge in [-0.05, 0) is 43.5 Å². The highest BCUT2D eigenvalue weighted by Crippen LogP contribution is 2.29. The molecule has 3 heterocycles. The summed E-state index contributed by atoms with van der Waals surface area (Å²) >= 11 is 0. The third kappa shape index (κ3) is 3.67. The molecule has 4 rings (SSSR count). The van der Waals surface area contributed by atoms with Crippen LogP contribution in [0.25, 0.3) is 5.69 Å². The van der Waals surface area contributed by atoms with Crippen molar-refractivity contribution < 1.29 is 4.79 Å². The second-order valence-electron chi connectivity index (χ2n) is 6.75. The summed E-state index contributed by atoms with van der Waals surface area (Å²) in [5, 5.41) is 7.29. The van der Waals surface area contributed by atoms with Gasteiger partial charge in [-0.1, -0.05) is 12.1 Å². The number of nitrogens with one attached hydrogen (secondary N) is 1. The van der Waals surface area contributed by atoms with Crippen molar-refractivity contribution in [2.75, 3.05) is 18.4 Å². The smallest absolute Gasteiger partial charge is 0.321 e. The van der Waals surface area contributed by atoms with Gasteiger partial charge < -0.3 is 10.2 Å². The Labute approximate surface area is 158 Å². The monoisotopic (exact) mass is 362 g/mol. The maximum Gasteiger partial charge on any atom is 0.321 e. The van der Waals surface area contributed by atoms with Crippen molar-refractivity contribution in [3.05, 3.63) is 66.5 Å². The molecule has 1 aromatic carbocycles. The van der Waals surface area contributed by atoms with Crippen molar-refractivity contribution in [3.63, 3.8) is 0 Å². The standard InChI is InChI=1S/C20H22N6O/c1-15-13-21-14-22-19(15)16-7-11-25(12-8-16)20(27)24-17-5-2-3-6-18(17)26-10-4-9-23-26/h2-6,9-10,13-14,16H,7-8,11-12H2,1H3,(H,24,27). The number of carbonyl (C=O) groups excluding carboxylic acids is 1. The van der Waals surface area contributed by atoms with Gasteiger partial charge in [0.2, 0.25) is 0 Å². The van der Waals surface area contributed by atoms with Gasteiger partial charge in [-0.25, -0.2) is 19.4 Å². The van der Waals surface area contributed by atoms with Crippen molar-refractivity contribution in [1.82, 2.24) is 24.6 Å². The number of hydrogen-bond donors (Lipinski definition) is 1. The van der Waals surface area contributed by atoms with Crippen LogP contribution in [0.2, 0.25) is 0 Å². The van der Waals surface area contributed by atoms with Crippen molar-refractivity contribution >= 4 is 11.7 Å². The average molecular weight is 362 g/mol. The molecule has 0 radical (unpaired) electrons. The van der Waals surface area contributed by atoms with Crippen molar-refractivity contribution in [2.45, 2.75) is 25.7 Å². The molecule has 1 saturated heterocycles. The summed E-state index contributed by atoms with van der Waals surface area (Å²) in [6.07, 6.45) is 8.86. The van der Waals surface area contributed by atoms with Crippen LogP contribution in [0, 0.1) is 6.92 Å². The maximum absolute atomic E-state index is 12.8. The van der Waals surface area contributed by atoms with Crippen molar-refractivity contribution in [3.8, 4) is 5.69 Å². The number of urea groups is 1. The minimum Gasteiger partial charge on any atom is -0.324 e. The number of para-hydroxylation sites is 2. The Morgan fingerprint density at radius 1 is 1.19 bits per heavy atom. The first-order chi connectivity index (χ1) is 13.2. The molecular weight excluding hydrogens is 340 g/mol. The van der Waals surface area contributed by atoms with E-state index < -0.39 is 0 Å². The predicted molar refractivity (Wildman–Crippen MR) is 103 cm³/mol. The molecule has 2 aromatic heterocycles. The zero-order valence-corrected chi connectivity index (χ0v) is 15.2. The SMILES string of the molecule is Cc1cncnc1C1CCN(C(=O)Nc2ccccc2-n2cccn2)CC1. The van der Waals surface area contributed by atoms with E-state index >= 15 is 0 Å². The van der Waals surface area contributed by atoms with Gasteiger partial charge in [-0.15, -0.1) is 0 Å². The normalized spacial score (nSPS) is 14.9. The van der Waals surface area contributed by atoms with Crippen molar-refractivity contribution in [2.24, 2.45) is 0 Å². The van der Waals surface area contributed by atoms with Gasteiger partial charge in [0.1, 0.15) is 6.33 Å². The Hall–Kier alpha value is -3.22. The molecule has 0 bridgehead atoms. The van der Waals surface area contributed by atoms with Crippen LogP contribution in [-0.2, 0) is 0 Å². The molecule has 27 heavy (non-hydrogen) atoms. The number of nitrogens with zero attached hydrogens (tertiary/aromatic N) is 5. The highest BCUT2D eigenvalue weighted by atomic mass is 16.2. The van der Waals surface area contributed by atoms with Crippen LogP contribution in [0.3, 0.4) is 0 Å². The molecule has 3 aromatic rings. The quantitative estimate of drug-likeness (QED) is 0.775. The van der Waals surface area contributed by atoms with Gasteiger partial charge in [0.25, 0.3) is 0 Å². The molecule has 0 saturated carbocycles. The number of likely N-dealkylation sites (tertiary alicyclic amines) is 1. The fourth-order valence-corrected chi connectivity index (χ4v) is 3.58. The lowest BCUT2D eigenvalue weighted by Crippen LogP contribution is -2.40. The lowest BCUT2D eigenvalue weighted by atomic mass is 9.91. The molecular formula is C20H22N6O. The molecule has 0 unspecified atom stereocenters. The molecule has 0 atom stereocenters. The van der Waals surface area contributed by atoms with Crippen LogP contribution in [0.15, 0.2) is 55.2 Å². The number of carbonyl (C=O) groups is 1. The summed E-state index contributed by atoms with van der Waals surface area (Å²) in [7, 11) is 0. The number of piperidine rings is 1. The number of aromatic nitrogens is 4. The summed E-state index contributed by atoms with van der Waals surface area (Å²) in [5.41, 5.74) is 3.82. The van der Waals surface area contributed by atoms with Crippen LogP contribution in [0.4, 0.5) is 10.5 Å². The van der Waals surface area contributed by atoms with E-state index in [4.69, 9.17) is 0 Å². The summed E-state index contributed by atoms with van der Waals surface area (Å²) in [4.78, 5) is 23.1. The first kappa shape index (κ1) is 17.2. The minimum absolute atomic E-state index is 0.0764. The van der Waals surface area contributed by atoms with Crippen LogP contribution in [0.5, 0.6) is 0 Å². The molecule has 1 aliphatic rings. The molecule has 138 valence electrons. The van der Waals surface area contributed by atoms with Crippen LogP contribution >= 0.6 is 0 Å². The van der Waals surface area contributed by atoms with E-state index in [0.717, 1.165) is 35.5 Å². The van der Waals surface area contributed by atoms with Gasteiger partial charge in [-0.2, -0.15) is 5.10 Å². The number of amides is 2. The second-order valence-corrected chi connectivity index (χ2v) is 6.75. The summed E-state index contributed by atoms with van der Waals surface area (Å²) in [6.45, 7) is 3.47. The average Bonchev–Trinajstić information content (AvgIpc) is 3.23. The van der Waals surface area contributed by atoms with Crippen LogP contribution < -0.4 is 5.32 Å². The van der Waals surface area contributed by atoms with Gasteiger partial charge in [0.05, 0.1) is 11.4 Å². The minimum atomic E-state index is -0.0764. The van der Waals surface area contributed by atoms with E-state index in [9.17, 15) is 4.79 Å². The van der Waals surface area contributed by atoms with E-state index in [1.807, 2.05) is 54.5 Å². The Kier molecular flexibility index (Phi) is 4.82. The number of rotatable bonds is 3. The molecule has 1 aliphatic heterocycles. The van der Waals surface area contributed by atoms with E-state index in [0.29, 0.717) is 19.0 Å². The highest BCUT2D eigenvalue weighted by molar-refractivity contribution is 5.91. The predicted octanol–water partition coefficient (Wildman–Crippen LogP) is 3.38. The Balaban J connectivity index is 1.42. The van der Waals surface area contributed by atoms with Crippen LogP contribution in [-0.4, -0.2) is 43.8 Å². The third-order valence-corrected chi connectivity index (χ3v) is 5.00. The first-order valence-corrected chi connectivity index (χ1v) is 9.14. The van der Waals surface area contributed by atoms with Gasteiger partial charge in [0, 0.05) is 43.3 Å². The van der Waals surface area contributed by atoms with E-state index in [-0.39, 0.29) is 6.03 Å². The Morgan fingerprint density at radius 2 is 2.00 bits per heavy atom. The lowest BCUT2D eigenvalue weighted by Gasteiger charge is -2.32.